The fourth-order valence-corrected chi connectivity index (χ4v) is 3.21. The molecule has 0 saturated carbocycles. The quantitative estimate of drug-likeness (QED) is 0.805. The van der Waals surface area contributed by atoms with Crippen molar-refractivity contribution < 1.29 is 14.3 Å². The summed E-state index contributed by atoms with van der Waals surface area (Å²) in [5, 5.41) is 3.46. The fraction of sp³-hybridized carbons (Fsp3) is 0.333. The number of fused-ring (bicyclic) bond motifs is 1. The van der Waals surface area contributed by atoms with E-state index < -0.39 is 0 Å². The maximum atomic E-state index is 12.2. The molecule has 1 aliphatic heterocycles. The van der Waals surface area contributed by atoms with Crippen molar-refractivity contribution in [1.29, 1.82) is 0 Å². The summed E-state index contributed by atoms with van der Waals surface area (Å²) in [5.41, 5.74) is 2.72. The Morgan fingerprint density at radius 3 is 2.63 bits per heavy atom. The van der Waals surface area contributed by atoms with Crippen LogP contribution in [0.5, 0.6) is 5.75 Å². The highest BCUT2D eigenvalue weighted by atomic mass is 35.5. The molecule has 142 valence electrons. The van der Waals surface area contributed by atoms with Crippen molar-refractivity contribution in [3.05, 3.63) is 53.1 Å². The van der Waals surface area contributed by atoms with E-state index >= 15 is 0 Å². The molecule has 27 heavy (non-hydrogen) atoms. The number of carbonyl (C=O) groups excluding carboxylic acids is 2. The first-order valence-electron chi connectivity index (χ1n) is 9.04. The van der Waals surface area contributed by atoms with Crippen LogP contribution in [-0.2, 0) is 16.0 Å². The fourth-order valence-electron chi connectivity index (χ4n) is 3.08. The van der Waals surface area contributed by atoms with Gasteiger partial charge in [0.25, 0.3) is 5.91 Å². The standard InChI is InChI=1S/C21H23ClN2O3/c1-14(2)12-24-19-9-6-17(11-15(19)3-10-21(24)26)23-20(25)13-27-18-7-4-16(22)5-8-18/h4-9,11,14H,3,10,12-13H2,1-2H3,(H,23,25). The SMILES string of the molecule is CC(C)CN1C(=O)CCc2cc(NC(=O)COc3ccc(Cl)cc3)ccc21. The smallest absolute Gasteiger partial charge is 0.262 e. The van der Waals surface area contributed by atoms with E-state index in [1.54, 1.807) is 24.3 Å². The summed E-state index contributed by atoms with van der Waals surface area (Å²) in [6, 6.07) is 12.5. The van der Waals surface area contributed by atoms with E-state index in [0.717, 1.165) is 11.3 Å². The molecule has 2 amide bonds. The molecule has 0 fully saturated rings. The van der Waals surface area contributed by atoms with Crippen molar-refractivity contribution in [3.63, 3.8) is 0 Å². The van der Waals surface area contributed by atoms with Gasteiger partial charge in [-0.2, -0.15) is 0 Å². The molecule has 0 saturated heterocycles. The number of hydrogen-bond acceptors (Lipinski definition) is 3. The molecular weight excluding hydrogens is 364 g/mol. The van der Waals surface area contributed by atoms with Gasteiger partial charge in [-0.05, 0) is 60.4 Å². The summed E-state index contributed by atoms with van der Waals surface area (Å²) < 4.78 is 5.46. The molecule has 0 radical (unpaired) electrons. The zero-order chi connectivity index (χ0) is 19.4. The minimum absolute atomic E-state index is 0.0866. The van der Waals surface area contributed by atoms with Gasteiger partial charge < -0.3 is 15.0 Å². The predicted octanol–water partition coefficient (Wildman–Crippen LogP) is 4.29. The first kappa shape index (κ1) is 19.2. The second kappa shape index (κ2) is 8.44. The van der Waals surface area contributed by atoms with Gasteiger partial charge in [0, 0.05) is 29.4 Å². The van der Waals surface area contributed by atoms with E-state index in [0.29, 0.717) is 41.8 Å². The molecule has 0 spiro atoms. The van der Waals surface area contributed by atoms with Crippen LogP contribution < -0.4 is 15.0 Å². The highest BCUT2D eigenvalue weighted by molar-refractivity contribution is 6.30. The van der Waals surface area contributed by atoms with Crippen LogP contribution in [0.15, 0.2) is 42.5 Å². The van der Waals surface area contributed by atoms with Crippen molar-refractivity contribution in [3.8, 4) is 5.75 Å². The van der Waals surface area contributed by atoms with Gasteiger partial charge in [-0.15, -0.1) is 0 Å². The van der Waals surface area contributed by atoms with Gasteiger partial charge in [-0.1, -0.05) is 25.4 Å². The molecule has 1 N–H and O–H groups in total. The van der Waals surface area contributed by atoms with Gasteiger partial charge >= 0.3 is 0 Å². The number of benzene rings is 2. The number of aryl methyl sites for hydroxylation is 1. The highest BCUT2D eigenvalue weighted by Gasteiger charge is 2.24. The zero-order valence-electron chi connectivity index (χ0n) is 15.5. The lowest BCUT2D eigenvalue weighted by Gasteiger charge is -2.31. The number of amides is 2. The number of anilines is 2. The topological polar surface area (TPSA) is 58.6 Å². The van der Waals surface area contributed by atoms with Crippen LogP contribution >= 0.6 is 11.6 Å². The third kappa shape index (κ3) is 5.01. The minimum Gasteiger partial charge on any atom is -0.484 e. The largest absolute Gasteiger partial charge is 0.484 e. The highest BCUT2D eigenvalue weighted by Crippen LogP contribution is 2.31. The molecule has 2 aromatic carbocycles. The number of hydrogen-bond donors (Lipinski definition) is 1. The van der Waals surface area contributed by atoms with Crippen molar-refractivity contribution in [2.24, 2.45) is 5.92 Å². The van der Waals surface area contributed by atoms with Crippen LogP contribution in [-0.4, -0.2) is 25.0 Å². The molecular formula is C21H23ClN2O3. The normalized spacial score (nSPS) is 13.5. The van der Waals surface area contributed by atoms with E-state index in [1.807, 2.05) is 23.1 Å². The Morgan fingerprint density at radius 2 is 1.93 bits per heavy atom. The summed E-state index contributed by atoms with van der Waals surface area (Å²) in [5.74, 6) is 0.896. The van der Waals surface area contributed by atoms with E-state index in [1.165, 1.54) is 0 Å². The molecule has 0 unspecified atom stereocenters. The summed E-state index contributed by atoms with van der Waals surface area (Å²) in [6.07, 6.45) is 1.19. The average Bonchev–Trinajstić information content (AvgIpc) is 2.63. The monoisotopic (exact) mass is 386 g/mol. The van der Waals surface area contributed by atoms with Crippen molar-refractivity contribution in [2.75, 3.05) is 23.4 Å². The molecule has 1 aliphatic rings. The van der Waals surface area contributed by atoms with E-state index in [4.69, 9.17) is 16.3 Å². The van der Waals surface area contributed by atoms with Crippen LogP contribution in [0.3, 0.4) is 0 Å². The van der Waals surface area contributed by atoms with Crippen LogP contribution in [0.4, 0.5) is 11.4 Å². The Kier molecular flexibility index (Phi) is 6.01. The lowest BCUT2D eigenvalue weighted by Crippen LogP contribution is -2.37. The summed E-state index contributed by atoms with van der Waals surface area (Å²) in [6.45, 7) is 4.80. The lowest BCUT2D eigenvalue weighted by atomic mass is 9.99. The second-order valence-corrected chi connectivity index (χ2v) is 7.47. The van der Waals surface area contributed by atoms with Gasteiger partial charge in [0.05, 0.1) is 0 Å². The molecule has 1 heterocycles. The number of halogens is 1. The van der Waals surface area contributed by atoms with Crippen LogP contribution in [0, 0.1) is 5.92 Å². The molecule has 2 aromatic rings. The number of carbonyl (C=O) groups is 2. The van der Waals surface area contributed by atoms with Crippen molar-refractivity contribution in [2.45, 2.75) is 26.7 Å². The number of nitrogens with one attached hydrogen (secondary N) is 1. The van der Waals surface area contributed by atoms with E-state index in [2.05, 4.69) is 19.2 Å². The summed E-state index contributed by atoms with van der Waals surface area (Å²) in [7, 11) is 0. The van der Waals surface area contributed by atoms with Gasteiger partial charge in [-0.3, -0.25) is 9.59 Å². The first-order valence-corrected chi connectivity index (χ1v) is 9.41. The summed E-state index contributed by atoms with van der Waals surface area (Å²) >= 11 is 5.83. The minimum atomic E-state index is -0.240. The van der Waals surface area contributed by atoms with Gasteiger partial charge in [0.2, 0.25) is 5.91 Å². The van der Waals surface area contributed by atoms with Crippen LogP contribution in [0.2, 0.25) is 5.02 Å². The molecule has 0 bridgehead atoms. The van der Waals surface area contributed by atoms with Crippen molar-refractivity contribution in [1.82, 2.24) is 0 Å². The second-order valence-electron chi connectivity index (χ2n) is 7.03. The Bertz CT molecular complexity index is 834. The van der Waals surface area contributed by atoms with Gasteiger partial charge in [0.1, 0.15) is 5.75 Å². The Balaban J connectivity index is 1.63. The predicted molar refractivity (Wildman–Crippen MR) is 108 cm³/mol. The Morgan fingerprint density at radius 1 is 1.19 bits per heavy atom. The van der Waals surface area contributed by atoms with Crippen molar-refractivity contribution >= 4 is 34.8 Å². The number of rotatable bonds is 6. The third-order valence-electron chi connectivity index (χ3n) is 4.29. The van der Waals surface area contributed by atoms with E-state index in [-0.39, 0.29) is 18.4 Å². The molecule has 0 atom stereocenters. The molecule has 5 nitrogen and oxygen atoms in total. The molecule has 0 aliphatic carbocycles. The van der Waals surface area contributed by atoms with Gasteiger partial charge in [0.15, 0.2) is 6.61 Å². The third-order valence-corrected chi connectivity index (χ3v) is 4.55. The van der Waals surface area contributed by atoms with Crippen LogP contribution in [0.1, 0.15) is 25.8 Å². The number of nitrogens with zero attached hydrogens (tertiary/aromatic N) is 1. The van der Waals surface area contributed by atoms with Crippen LogP contribution in [0.25, 0.3) is 0 Å². The van der Waals surface area contributed by atoms with Gasteiger partial charge in [-0.25, -0.2) is 0 Å². The summed E-state index contributed by atoms with van der Waals surface area (Å²) in [4.78, 5) is 26.2. The lowest BCUT2D eigenvalue weighted by molar-refractivity contribution is -0.119. The molecule has 6 heteroatoms. The maximum absolute atomic E-state index is 12.2. The Hall–Kier alpha value is -2.53. The molecule has 0 aromatic heterocycles. The maximum Gasteiger partial charge on any atom is 0.262 e. The number of ether oxygens (including phenoxy) is 1. The average molecular weight is 387 g/mol. The molecule has 3 rings (SSSR count). The zero-order valence-corrected chi connectivity index (χ0v) is 16.3. The Labute approximate surface area is 164 Å². The van der Waals surface area contributed by atoms with E-state index in [9.17, 15) is 9.59 Å². The first-order chi connectivity index (χ1) is 12.9.